The molecule has 0 aliphatic rings. The smallest absolute Gasteiger partial charge is 0.316 e. The summed E-state index contributed by atoms with van der Waals surface area (Å²) in [5.74, 6) is 2.38. The Morgan fingerprint density at radius 3 is 1.55 bits per heavy atom. The standard InChI is InChI=1S/C5H9N.H2O4S/c1-4-5(2,3)6;1-5(2,3)4/h1H,6H2,2-3H3;(H2,1,2,3,4). The Bertz CT molecular complexity index is 222. The van der Waals surface area contributed by atoms with Crippen molar-refractivity contribution in [3.63, 3.8) is 0 Å². The van der Waals surface area contributed by atoms with Gasteiger partial charge in [0, 0.05) is 0 Å². The van der Waals surface area contributed by atoms with Gasteiger partial charge in [0.05, 0.1) is 5.54 Å². The maximum absolute atomic E-state index is 8.74. The first-order chi connectivity index (χ1) is 4.56. The lowest BCUT2D eigenvalue weighted by molar-refractivity contribution is 0.381. The van der Waals surface area contributed by atoms with Crippen molar-refractivity contribution in [2.75, 3.05) is 0 Å². The van der Waals surface area contributed by atoms with Crippen LogP contribution < -0.4 is 5.73 Å². The Balaban J connectivity index is 0. The van der Waals surface area contributed by atoms with E-state index in [4.69, 9.17) is 29.7 Å². The molecule has 6 heteroatoms. The predicted molar refractivity (Wildman–Crippen MR) is 41.3 cm³/mol. The molecule has 0 aromatic rings. The van der Waals surface area contributed by atoms with E-state index in [2.05, 4.69) is 5.92 Å². The van der Waals surface area contributed by atoms with Gasteiger partial charge in [-0.3, -0.25) is 9.11 Å². The average Bonchev–Trinajstić information content (AvgIpc) is 1.59. The fourth-order valence-corrected chi connectivity index (χ4v) is 0. The Labute approximate surface area is 66.2 Å². The van der Waals surface area contributed by atoms with E-state index >= 15 is 0 Å². The Morgan fingerprint density at radius 2 is 1.55 bits per heavy atom. The third-order valence-corrected chi connectivity index (χ3v) is 0.372. The minimum atomic E-state index is -4.67. The molecule has 0 spiro atoms. The van der Waals surface area contributed by atoms with Gasteiger partial charge in [0.1, 0.15) is 0 Å². The lowest BCUT2D eigenvalue weighted by Crippen LogP contribution is -2.28. The highest BCUT2D eigenvalue weighted by Gasteiger charge is 2.00. The summed E-state index contributed by atoms with van der Waals surface area (Å²) in [6, 6.07) is 0. The summed E-state index contributed by atoms with van der Waals surface area (Å²) in [4.78, 5) is 0. The minimum Gasteiger partial charge on any atom is -0.316 e. The van der Waals surface area contributed by atoms with Crippen LogP contribution in [-0.2, 0) is 10.4 Å². The summed E-state index contributed by atoms with van der Waals surface area (Å²) in [5, 5.41) is 0. The number of terminal acetylenes is 1. The van der Waals surface area contributed by atoms with Crippen molar-refractivity contribution >= 4 is 10.4 Å². The fraction of sp³-hybridized carbons (Fsp3) is 0.600. The van der Waals surface area contributed by atoms with Crippen LogP contribution in [0.4, 0.5) is 0 Å². The van der Waals surface area contributed by atoms with E-state index in [1.165, 1.54) is 0 Å². The number of hydrogen-bond acceptors (Lipinski definition) is 3. The second kappa shape index (κ2) is 4.31. The summed E-state index contributed by atoms with van der Waals surface area (Å²) in [7, 11) is -4.67. The molecule has 0 amide bonds. The highest BCUT2D eigenvalue weighted by molar-refractivity contribution is 7.79. The van der Waals surface area contributed by atoms with Crippen LogP contribution in [0.15, 0.2) is 0 Å². The van der Waals surface area contributed by atoms with Gasteiger partial charge in [0.15, 0.2) is 0 Å². The van der Waals surface area contributed by atoms with Crippen molar-refractivity contribution in [2.24, 2.45) is 5.73 Å². The molecule has 0 radical (unpaired) electrons. The van der Waals surface area contributed by atoms with Gasteiger partial charge >= 0.3 is 10.4 Å². The third kappa shape index (κ3) is 89.8. The van der Waals surface area contributed by atoms with Gasteiger partial charge in [-0.05, 0) is 13.8 Å². The first-order valence-electron chi connectivity index (χ1n) is 2.53. The quantitative estimate of drug-likeness (QED) is 0.352. The summed E-state index contributed by atoms with van der Waals surface area (Å²) in [5.41, 5.74) is 4.87. The lowest BCUT2D eigenvalue weighted by atomic mass is 10.1. The molecule has 0 aromatic heterocycles. The van der Waals surface area contributed by atoms with Gasteiger partial charge in [0.2, 0.25) is 0 Å². The van der Waals surface area contributed by atoms with Crippen LogP contribution in [0.2, 0.25) is 0 Å². The SMILES string of the molecule is C#CC(C)(C)N.O=S(=O)(O)O. The predicted octanol–water partition coefficient (Wildman–Crippen LogP) is -0.296. The molecule has 0 bridgehead atoms. The van der Waals surface area contributed by atoms with E-state index in [0.29, 0.717) is 0 Å². The second-order valence-corrected chi connectivity index (χ2v) is 3.21. The summed E-state index contributed by atoms with van der Waals surface area (Å²) < 4.78 is 31.6. The molecule has 0 saturated heterocycles. The Hall–Kier alpha value is -0.610. The van der Waals surface area contributed by atoms with E-state index in [1.54, 1.807) is 13.8 Å². The number of hydrogen-bond donors (Lipinski definition) is 3. The summed E-state index contributed by atoms with van der Waals surface area (Å²) in [6.45, 7) is 3.57. The summed E-state index contributed by atoms with van der Waals surface area (Å²) in [6.07, 6.45) is 4.93. The van der Waals surface area contributed by atoms with Crippen LogP contribution in [-0.4, -0.2) is 23.1 Å². The average molecular weight is 181 g/mol. The van der Waals surface area contributed by atoms with Crippen LogP contribution >= 0.6 is 0 Å². The van der Waals surface area contributed by atoms with E-state index in [0.717, 1.165) is 0 Å². The van der Waals surface area contributed by atoms with Crippen molar-refractivity contribution in [1.29, 1.82) is 0 Å². The largest absolute Gasteiger partial charge is 0.394 e. The highest BCUT2D eigenvalue weighted by Crippen LogP contribution is 1.88. The van der Waals surface area contributed by atoms with Crippen LogP contribution in [0, 0.1) is 12.3 Å². The molecular formula is C5H11NO4S. The maximum Gasteiger partial charge on any atom is 0.394 e. The fourth-order valence-electron chi connectivity index (χ4n) is 0. The highest BCUT2D eigenvalue weighted by atomic mass is 32.3. The molecule has 0 aliphatic heterocycles. The van der Waals surface area contributed by atoms with Crippen molar-refractivity contribution in [1.82, 2.24) is 0 Å². The van der Waals surface area contributed by atoms with E-state index in [9.17, 15) is 0 Å². The van der Waals surface area contributed by atoms with Gasteiger partial charge in [-0.2, -0.15) is 8.42 Å². The van der Waals surface area contributed by atoms with Gasteiger partial charge in [-0.15, -0.1) is 6.42 Å². The Kier molecular flexibility index (Phi) is 5.09. The number of nitrogens with two attached hydrogens (primary N) is 1. The Morgan fingerprint density at radius 1 is 1.45 bits per heavy atom. The molecule has 4 N–H and O–H groups in total. The van der Waals surface area contributed by atoms with Crippen molar-refractivity contribution in [3.05, 3.63) is 0 Å². The van der Waals surface area contributed by atoms with Crippen LogP contribution in [0.3, 0.4) is 0 Å². The molecule has 66 valence electrons. The molecule has 0 aliphatic carbocycles. The molecule has 0 atom stereocenters. The molecule has 0 unspecified atom stereocenters. The molecule has 0 rings (SSSR count). The van der Waals surface area contributed by atoms with Crippen molar-refractivity contribution < 1.29 is 17.5 Å². The van der Waals surface area contributed by atoms with Gasteiger partial charge in [-0.25, -0.2) is 0 Å². The zero-order chi connectivity index (χ0) is 9.71. The molecular weight excluding hydrogens is 170 g/mol. The van der Waals surface area contributed by atoms with E-state index < -0.39 is 15.9 Å². The maximum atomic E-state index is 8.74. The first kappa shape index (κ1) is 13.0. The van der Waals surface area contributed by atoms with Gasteiger partial charge < -0.3 is 5.73 Å². The second-order valence-electron chi connectivity index (χ2n) is 2.31. The van der Waals surface area contributed by atoms with Gasteiger partial charge in [-0.1, -0.05) is 5.92 Å². The van der Waals surface area contributed by atoms with Crippen LogP contribution in [0.1, 0.15) is 13.8 Å². The number of rotatable bonds is 0. The zero-order valence-electron chi connectivity index (χ0n) is 6.27. The van der Waals surface area contributed by atoms with Crippen LogP contribution in [0.5, 0.6) is 0 Å². The molecule has 0 heterocycles. The topological polar surface area (TPSA) is 101 Å². The van der Waals surface area contributed by atoms with E-state index in [1.807, 2.05) is 0 Å². The zero-order valence-corrected chi connectivity index (χ0v) is 7.09. The molecule has 11 heavy (non-hydrogen) atoms. The van der Waals surface area contributed by atoms with Crippen molar-refractivity contribution in [3.8, 4) is 12.3 Å². The molecule has 0 saturated carbocycles. The normalized spacial score (nSPS) is 10.9. The van der Waals surface area contributed by atoms with Crippen LogP contribution in [0.25, 0.3) is 0 Å². The monoisotopic (exact) mass is 181 g/mol. The van der Waals surface area contributed by atoms with Crippen molar-refractivity contribution in [2.45, 2.75) is 19.4 Å². The lowest BCUT2D eigenvalue weighted by Gasteiger charge is -2.05. The van der Waals surface area contributed by atoms with Gasteiger partial charge in [0.25, 0.3) is 0 Å². The van der Waals surface area contributed by atoms with E-state index in [-0.39, 0.29) is 0 Å². The third-order valence-electron chi connectivity index (χ3n) is 0.372. The molecule has 0 aromatic carbocycles. The molecule has 5 nitrogen and oxygen atoms in total. The first-order valence-corrected chi connectivity index (χ1v) is 3.92. The minimum absolute atomic E-state index is 0.431. The molecule has 0 fully saturated rings. The summed E-state index contributed by atoms with van der Waals surface area (Å²) >= 11 is 0.